The third kappa shape index (κ3) is 6.33. The van der Waals surface area contributed by atoms with E-state index < -0.39 is 11.9 Å². The molecule has 1 N–H and O–H groups in total. The molecule has 2 aromatic rings. The Labute approximate surface area is 159 Å². The average molecular weight is 371 g/mol. The van der Waals surface area contributed by atoms with Crippen LogP contribution in [0.4, 0.5) is 5.69 Å². The van der Waals surface area contributed by atoms with Crippen LogP contribution in [0.5, 0.6) is 11.5 Å². The number of benzene rings is 2. The maximum atomic E-state index is 11.9. The van der Waals surface area contributed by atoms with Crippen LogP contribution in [-0.4, -0.2) is 32.2 Å². The Balaban J connectivity index is 1.80. The molecule has 6 heteroatoms. The van der Waals surface area contributed by atoms with Gasteiger partial charge in [0.05, 0.1) is 7.11 Å². The Morgan fingerprint density at radius 3 is 2.37 bits per heavy atom. The lowest BCUT2D eigenvalue weighted by molar-refractivity contribution is -0.149. The van der Waals surface area contributed by atoms with Gasteiger partial charge in [0.1, 0.15) is 11.5 Å². The number of esters is 1. The highest BCUT2D eigenvalue weighted by molar-refractivity contribution is 5.92. The van der Waals surface area contributed by atoms with Gasteiger partial charge in [-0.2, -0.15) is 0 Å². The Kier molecular flexibility index (Phi) is 7.23. The van der Waals surface area contributed by atoms with Crippen molar-refractivity contribution in [2.45, 2.75) is 26.7 Å². The highest BCUT2D eigenvalue weighted by Gasteiger charge is 2.12. The molecule has 144 valence electrons. The number of methoxy groups -OCH3 is 1. The number of hydrogen-bond donors (Lipinski definition) is 1. The summed E-state index contributed by atoms with van der Waals surface area (Å²) in [6.45, 7) is 5.44. The average Bonchev–Trinajstić information content (AvgIpc) is 2.65. The van der Waals surface area contributed by atoms with Crippen molar-refractivity contribution < 1.29 is 23.8 Å². The first-order chi connectivity index (χ1) is 12.9. The molecule has 27 heavy (non-hydrogen) atoms. The number of aryl methyl sites for hydroxylation is 1. The van der Waals surface area contributed by atoms with E-state index in [1.165, 1.54) is 0 Å². The Hall–Kier alpha value is -3.02. The number of hydrogen-bond acceptors (Lipinski definition) is 5. The summed E-state index contributed by atoms with van der Waals surface area (Å²) in [7, 11) is 1.57. The molecule has 0 bridgehead atoms. The second-order valence-corrected chi connectivity index (χ2v) is 6.42. The van der Waals surface area contributed by atoms with E-state index in [1.807, 2.05) is 25.1 Å². The van der Waals surface area contributed by atoms with Crippen molar-refractivity contribution in [3.05, 3.63) is 53.6 Å². The van der Waals surface area contributed by atoms with Gasteiger partial charge in [0, 0.05) is 5.69 Å². The maximum absolute atomic E-state index is 11.9. The standard InChI is InChI=1S/C21H25NO5/c1-14(2)18-10-5-15(3)11-19(18)26-13-21(24)27-12-20(23)22-16-6-8-17(25-4)9-7-16/h5-11,14H,12-13H2,1-4H3,(H,22,23). The number of carbonyl (C=O) groups excluding carboxylic acids is 2. The van der Waals surface area contributed by atoms with Crippen LogP contribution in [0, 0.1) is 6.92 Å². The van der Waals surface area contributed by atoms with Crippen molar-refractivity contribution in [1.29, 1.82) is 0 Å². The summed E-state index contributed by atoms with van der Waals surface area (Å²) in [5.41, 5.74) is 2.65. The highest BCUT2D eigenvalue weighted by Crippen LogP contribution is 2.27. The van der Waals surface area contributed by atoms with Gasteiger partial charge in [-0.1, -0.05) is 26.0 Å². The van der Waals surface area contributed by atoms with E-state index >= 15 is 0 Å². The minimum Gasteiger partial charge on any atom is -0.497 e. The van der Waals surface area contributed by atoms with Crippen molar-refractivity contribution in [3.8, 4) is 11.5 Å². The van der Waals surface area contributed by atoms with Crippen LogP contribution in [0.3, 0.4) is 0 Å². The monoisotopic (exact) mass is 371 g/mol. The predicted octanol–water partition coefficient (Wildman–Crippen LogP) is 3.69. The molecule has 0 radical (unpaired) electrons. The van der Waals surface area contributed by atoms with Gasteiger partial charge in [-0.05, 0) is 54.3 Å². The molecule has 0 fully saturated rings. The largest absolute Gasteiger partial charge is 0.497 e. The summed E-state index contributed by atoms with van der Waals surface area (Å²) >= 11 is 0. The zero-order valence-electron chi connectivity index (χ0n) is 16.1. The van der Waals surface area contributed by atoms with E-state index in [1.54, 1.807) is 31.4 Å². The molecule has 1 amide bonds. The van der Waals surface area contributed by atoms with Gasteiger partial charge in [-0.3, -0.25) is 4.79 Å². The number of anilines is 1. The SMILES string of the molecule is COc1ccc(NC(=O)COC(=O)COc2cc(C)ccc2C(C)C)cc1. The van der Waals surface area contributed by atoms with Gasteiger partial charge in [-0.25, -0.2) is 4.79 Å². The molecule has 6 nitrogen and oxygen atoms in total. The maximum Gasteiger partial charge on any atom is 0.344 e. The minimum atomic E-state index is -0.601. The van der Waals surface area contributed by atoms with E-state index in [9.17, 15) is 9.59 Å². The summed E-state index contributed by atoms with van der Waals surface area (Å²) in [6.07, 6.45) is 0. The van der Waals surface area contributed by atoms with Crippen molar-refractivity contribution in [2.24, 2.45) is 0 Å². The third-order valence-electron chi connectivity index (χ3n) is 3.87. The summed E-state index contributed by atoms with van der Waals surface area (Å²) in [5, 5.41) is 2.64. The fourth-order valence-corrected chi connectivity index (χ4v) is 2.44. The summed E-state index contributed by atoms with van der Waals surface area (Å²) < 4.78 is 15.6. The summed E-state index contributed by atoms with van der Waals surface area (Å²) in [4.78, 5) is 23.8. The van der Waals surface area contributed by atoms with Crippen molar-refractivity contribution >= 4 is 17.6 Å². The third-order valence-corrected chi connectivity index (χ3v) is 3.87. The Morgan fingerprint density at radius 2 is 1.74 bits per heavy atom. The van der Waals surface area contributed by atoms with E-state index in [0.29, 0.717) is 17.2 Å². The number of rotatable bonds is 8. The second-order valence-electron chi connectivity index (χ2n) is 6.42. The van der Waals surface area contributed by atoms with Crippen LogP contribution in [0.25, 0.3) is 0 Å². The van der Waals surface area contributed by atoms with E-state index in [2.05, 4.69) is 19.2 Å². The highest BCUT2D eigenvalue weighted by atomic mass is 16.6. The van der Waals surface area contributed by atoms with Gasteiger partial charge in [0.2, 0.25) is 0 Å². The van der Waals surface area contributed by atoms with Crippen LogP contribution in [0.2, 0.25) is 0 Å². The lowest BCUT2D eigenvalue weighted by Gasteiger charge is -2.14. The zero-order valence-corrected chi connectivity index (χ0v) is 16.1. The topological polar surface area (TPSA) is 73.9 Å². The van der Waals surface area contributed by atoms with Gasteiger partial charge >= 0.3 is 5.97 Å². The summed E-state index contributed by atoms with van der Waals surface area (Å²) in [5.74, 6) is 0.591. The van der Waals surface area contributed by atoms with Crippen LogP contribution < -0.4 is 14.8 Å². The molecule has 0 saturated heterocycles. The lowest BCUT2D eigenvalue weighted by atomic mass is 10.0. The molecular weight excluding hydrogens is 346 g/mol. The van der Waals surface area contributed by atoms with E-state index in [4.69, 9.17) is 14.2 Å². The fourth-order valence-electron chi connectivity index (χ4n) is 2.44. The van der Waals surface area contributed by atoms with Crippen molar-refractivity contribution in [2.75, 3.05) is 25.6 Å². The van der Waals surface area contributed by atoms with Gasteiger partial charge in [0.25, 0.3) is 5.91 Å². The molecule has 2 aromatic carbocycles. The number of amides is 1. The molecule has 0 atom stereocenters. The normalized spacial score (nSPS) is 10.4. The molecule has 0 saturated carbocycles. The summed E-state index contributed by atoms with van der Waals surface area (Å²) in [6, 6.07) is 12.7. The molecule has 0 aromatic heterocycles. The van der Waals surface area contributed by atoms with Gasteiger partial charge in [0.15, 0.2) is 13.2 Å². The molecule has 0 spiro atoms. The second kappa shape index (κ2) is 9.62. The lowest BCUT2D eigenvalue weighted by Crippen LogP contribution is -2.23. The Bertz CT molecular complexity index is 784. The van der Waals surface area contributed by atoms with E-state index in [0.717, 1.165) is 11.1 Å². The molecule has 0 aliphatic heterocycles. The fraction of sp³-hybridized carbons (Fsp3) is 0.333. The van der Waals surface area contributed by atoms with Crippen LogP contribution in [0.1, 0.15) is 30.9 Å². The minimum absolute atomic E-state index is 0.251. The van der Waals surface area contributed by atoms with Crippen LogP contribution in [-0.2, 0) is 14.3 Å². The van der Waals surface area contributed by atoms with Gasteiger partial charge in [-0.15, -0.1) is 0 Å². The van der Waals surface area contributed by atoms with Crippen molar-refractivity contribution in [1.82, 2.24) is 0 Å². The number of ether oxygens (including phenoxy) is 3. The number of nitrogens with one attached hydrogen (secondary N) is 1. The first-order valence-corrected chi connectivity index (χ1v) is 8.72. The van der Waals surface area contributed by atoms with Crippen LogP contribution in [0.15, 0.2) is 42.5 Å². The van der Waals surface area contributed by atoms with Crippen molar-refractivity contribution in [3.63, 3.8) is 0 Å². The van der Waals surface area contributed by atoms with Gasteiger partial charge < -0.3 is 19.5 Å². The molecule has 0 unspecified atom stereocenters. The quantitative estimate of drug-likeness (QED) is 0.717. The Morgan fingerprint density at radius 1 is 1.04 bits per heavy atom. The molecular formula is C21H25NO5. The zero-order chi connectivity index (χ0) is 19.8. The smallest absolute Gasteiger partial charge is 0.344 e. The first kappa shape index (κ1) is 20.3. The predicted molar refractivity (Wildman–Crippen MR) is 103 cm³/mol. The molecule has 0 heterocycles. The molecule has 2 rings (SSSR count). The molecule has 0 aliphatic carbocycles. The first-order valence-electron chi connectivity index (χ1n) is 8.72. The molecule has 0 aliphatic rings. The van der Waals surface area contributed by atoms with Crippen LogP contribution >= 0.6 is 0 Å². The number of carbonyl (C=O) groups is 2. The van der Waals surface area contributed by atoms with E-state index in [-0.39, 0.29) is 19.1 Å².